The van der Waals surface area contributed by atoms with Crippen molar-refractivity contribution in [1.29, 1.82) is 0 Å². The van der Waals surface area contributed by atoms with Crippen LogP contribution in [-0.4, -0.2) is 38.4 Å². The summed E-state index contributed by atoms with van der Waals surface area (Å²) in [4.78, 5) is 0. The van der Waals surface area contributed by atoms with Gasteiger partial charge in [-0.15, -0.1) is 0 Å². The van der Waals surface area contributed by atoms with E-state index >= 15 is 0 Å². The van der Waals surface area contributed by atoms with E-state index in [2.05, 4.69) is 11.6 Å². The molecule has 6 heteroatoms. The highest BCUT2D eigenvalue weighted by molar-refractivity contribution is 7.87. The van der Waals surface area contributed by atoms with Gasteiger partial charge in [-0.1, -0.05) is 32.6 Å². The van der Waals surface area contributed by atoms with Crippen LogP contribution < -0.4 is 10.5 Å². The average Bonchev–Trinajstić information content (AvgIpc) is 2.51. The van der Waals surface area contributed by atoms with E-state index in [-0.39, 0.29) is 12.1 Å². The molecule has 1 fully saturated rings. The van der Waals surface area contributed by atoms with Crippen molar-refractivity contribution in [2.24, 2.45) is 5.73 Å². The third-order valence-electron chi connectivity index (χ3n) is 3.61. The molecule has 1 aliphatic rings. The molecule has 0 spiro atoms. The van der Waals surface area contributed by atoms with Gasteiger partial charge in [-0.25, -0.2) is 0 Å². The molecule has 0 aliphatic heterocycles. The fraction of sp³-hybridized carbons (Fsp3) is 1.00. The lowest BCUT2D eigenvalue weighted by molar-refractivity contribution is 0.411. The molecular formula is C12H27N3O2S. The standard InChI is InChI=1S/C12H27N3O2S/c1-3-4-10-15(2)18(16,17)14-12-9-7-5-6-8-11(12)13/h11-12,14H,3-10,13H2,1-2H3. The van der Waals surface area contributed by atoms with E-state index in [9.17, 15) is 8.42 Å². The third-order valence-corrected chi connectivity index (χ3v) is 5.21. The highest BCUT2D eigenvalue weighted by Gasteiger charge is 2.27. The smallest absolute Gasteiger partial charge is 0.279 e. The lowest BCUT2D eigenvalue weighted by atomic mass is 10.1. The minimum absolute atomic E-state index is 0.0538. The average molecular weight is 277 g/mol. The van der Waals surface area contributed by atoms with Gasteiger partial charge in [-0.05, 0) is 19.3 Å². The van der Waals surface area contributed by atoms with Crippen LogP contribution in [0.5, 0.6) is 0 Å². The zero-order chi connectivity index (χ0) is 13.6. The molecule has 1 rings (SSSR count). The van der Waals surface area contributed by atoms with Crippen LogP contribution in [0.3, 0.4) is 0 Å². The van der Waals surface area contributed by atoms with Crippen LogP contribution in [0.4, 0.5) is 0 Å². The summed E-state index contributed by atoms with van der Waals surface area (Å²) in [7, 11) is -1.75. The van der Waals surface area contributed by atoms with E-state index < -0.39 is 10.2 Å². The Morgan fingerprint density at radius 3 is 2.61 bits per heavy atom. The largest absolute Gasteiger partial charge is 0.326 e. The molecule has 108 valence electrons. The lowest BCUT2D eigenvalue weighted by Gasteiger charge is -2.26. The van der Waals surface area contributed by atoms with Crippen molar-refractivity contribution >= 4 is 10.2 Å². The van der Waals surface area contributed by atoms with Gasteiger partial charge < -0.3 is 5.73 Å². The maximum Gasteiger partial charge on any atom is 0.279 e. The minimum atomic E-state index is -3.38. The van der Waals surface area contributed by atoms with Gasteiger partial charge >= 0.3 is 0 Å². The van der Waals surface area contributed by atoms with Gasteiger partial charge in [-0.2, -0.15) is 17.4 Å². The predicted octanol–water partition coefficient (Wildman–Crippen LogP) is 1.21. The predicted molar refractivity (Wildman–Crippen MR) is 74.4 cm³/mol. The minimum Gasteiger partial charge on any atom is -0.326 e. The number of nitrogens with two attached hydrogens (primary N) is 1. The van der Waals surface area contributed by atoms with E-state index in [0.29, 0.717) is 6.54 Å². The van der Waals surface area contributed by atoms with Crippen molar-refractivity contribution in [1.82, 2.24) is 9.03 Å². The topological polar surface area (TPSA) is 75.4 Å². The molecule has 0 heterocycles. The first-order chi connectivity index (χ1) is 8.47. The molecule has 1 saturated carbocycles. The van der Waals surface area contributed by atoms with E-state index in [0.717, 1.165) is 44.9 Å². The zero-order valence-corrected chi connectivity index (χ0v) is 12.4. The first-order valence-electron chi connectivity index (χ1n) is 6.96. The van der Waals surface area contributed by atoms with Crippen molar-refractivity contribution < 1.29 is 8.42 Å². The Kier molecular flexibility index (Phi) is 6.55. The van der Waals surface area contributed by atoms with E-state index in [1.165, 1.54) is 4.31 Å². The number of unbranched alkanes of at least 4 members (excludes halogenated alkanes) is 1. The Labute approximate surface area is 111 Å². The normalized spacial score (nSPS) is 26.2. The van der Waals surface area contributed by atoms with Gasteiger partial charge in [0, 0.05) is 25.7 Å². The molecule has 0 aromatic carbocycles. The Balaban J connectivity index is 2.57. The second-order valence-corrected chi connectivity index (χ2v) is 7.02. The molecular weight excluding hydrogens is 250 g/mol. The summed E-state index contributed by atoms with van der Waals surface area (Å²) in [5.41, 5.74) is 6.04. The van der Waals surface area contributed by atoms with Crippen LogP contribution in [0.2, 0.25) is 0 Å². The van der Waals surface area contributed by atoms with Crippen molar-refractivity contribution in [3.63, 3.8) is 0 Å². The fourth-order valence-electron chi connectivity index (χ4n) is 2.26. The summed E-state index contributed by atoms with van der Waals surface area (Å²) in [6, 6.07) is -0.163. The van der Waals surface area contributed by atoms with Crippen molar-refractivity contribution in [2.75, 3.05) is 13.6 Å². The maximum absolute atomic E-state index is 12.1. The molecule has 5 nitrogen and oxygen atoms in total. The molecule has 0 amide bonds. The molecule has 0 saturated heterocycles. The highest BCUT2D eigenvalue weighted by atomic mass is 32.2. The first kappa shape index (κ1) is 15.9. The van der Waals surface area contributed by atoms with Crippen LogP contribution in [0.15, 0.2) is 0 Å². The molecule has 3 N–H and O–H groups in total. The number of rotatable bonds is 6. The van der Waals surface area contributed by atoms with Gasteiger partial charge in [0.2, 0.25) is 0 Å². The second kappa shape index (κ2) is 7.43. The SMILES string of the molecule is CCCCN(C)S(=O)(=O)NC1CCCCCC1N. The summed E-state index contributed by atoms with van der Waals surface area (Å²) in [6.07, 6.45) is 6.94. The van der Waals surface area contributed by atoms with Crippen LogP contribution in [0, 0.1) is 0 Å². The maximum atomic E-state index is 12.1. The molecule has 0 bridgehead atoms. The number of hydrogen-bond acceptors (Lipinski definition) is 3. The highest BCUT2D eigenvalue weighted by Crippen LogP contribution is 2.17. The van der Waals surface area contributed by atoms with Gasteiger partial charge in [0.25, 0.3) is 10.2 Å². The summed E-state index contributed by atoms with van der Waals surface area (Å²) in [5.74, 6) is 0. The zero-order valence-electron chi connectivity index (χ0n) is 11.6. The Morgan fingerprint density at radius 1 is 1.28 bits per heavy atom. The number of nitrogens with one attached hydrogen (secondary N) is 1. The monoisotopic (exact) mass is 277 g/mol. The summed E-state index contributed by atoms with van der Waals surface area (Å²) >= 11 is 0. The molecule has 0 aromatic heterocycles. The van der Waals surface area contributed by atoms with Crippen LogP contribution >= 0.6 is 0 Å². The molecule has 2 atom stereocenters. The van der Waals surface area contributed by atoms with Gasteiger partial charge in [0.1, 0.15) is 0 Å². The first-order valence-corrected chi connectivity index (χ1v) is 8.40. The Hall–Kier alpha value is -0.170. The van der Waals surface area contributed by atoms with E-state index in [4.69, 9.17) is 5.73 Å². The van der Waals surface area contributed by atoms with Crippen molar-refractivity contribution in [3.8, 4) is 0 Å². The van der Waals surface area contributed by atoms with Crippen LogP contribution in [0.1, 0.15) is 51.9 Å². The molecule has 18 heavy (non-hydrogen) atoms. The van der Waals surface area contributed by atoms with E-state index in [1.807, 2.05) is 0 Å². The van der Waals surface area contributed by atoms with Gasteiger partial charge in [-0.3, -0.25) is 0 Å². The quantitative estimate of drug-likeness (QED) is 0.717. The molecule has 0 radical (unpaired) electrons. The Morgan fingerprint density at radius 2 is 1.94 bits per heavy atom. The van der Waals surface area contributed by atoms with Crippen LogP contribution in [0.25, 0.3) is 0 Å². The summed E-state index contributed by atoms with van der Waals surface area (Å²) in [5, 5.41) is 0. The Bertz CT molecular complexity index is 332. The molecule has 2 unspecified atom stereocenters. The van der Waals surface area contributed by atoms with E-state index in [1.54, 1.807) is 7.05 Å². The number of hydrogen-bond donors (Lipinski definition) is 2. The summed E-state index contributed by atoms with van der Waals surface area (Å²) < 4.78 is 28.4. The number of nitrogens with zero attached hydrogens (tertiary/aromatic N) is 1. The summed E-state index contributed by atoms with van der Waals surface area (Å²) in [6.45, 7) is 2.61. The van der Waals surface area contributed by atoms with Crippen molar-refractivity contribution in [2.45, 2.75) is 64.0 Å². The van der Waals surface area contributed by atoms with Crippen LogP contribution in [-0.2, 0) is 10.2 Å². The lowest BCUT2D eigenvalue weighted by Crippen LogP contribution is -2.51. The van der Waals surface area contributed by atoms with Gasteiger partial charge in [0.05, 0.1) is 0 Å². The second-order valence-electron chi connectivity index (χ2n) is 5.21. The fourth-order valence-corrected chi connectivity index (χ4v) is 3.49. The third kappa shape index (κ3) is 4.84. The van der Waals surface area contributed by atoms with Gasteiger partial charge in [0.15, 0.2) is 0 Å². The molecule has 1 aliphatic carbocycles. The molecule has 0 aromatic rings. The van der Waals surface area contributed by atoms with Crippen molar-refractivity contribution in [3.05, 3.63) is 0 Å².